The molecule has 21 heavy (non-hydrogen) atoms. The molecule has 0 heterocycles. The minimum absolute atomic E-state index is 0.120. The molecule has 0 aliphatic rings. The lowest BCUT2D eigenvalue weighted by atomic mass is 10.1. The third kappa shape index (κ3) is 4.08. The molecular weight excluding hydrogens is 266 g/mol. The number of ether oxygens (including phenoxy) is 2. The molecule has 0 spiro atoms. The van der Waals surface area contributed by atoms with E-state index in [1.807, 2.05) is 12.1 Å². The van der Waals surface area contributed by atoms with Crippen LogP contribution in [0.3, 0.4) is 0 Å². The summed E-state index contributed by atoms with van der Waals surface area (Å²) in [5, 5.41) is 9.12. The first kappa shape index (κ1) is 14.6. The Labute approximate surface area is 123 Å². The van der Waals surface area contributed by atoms with E-state index >= 15 is 0 Å². The summed E-state index contributed by atoms with van der Waals surface area (Å²) in [6.45, 7) is 0. The standard InChI is InChI=1S/C17H15NO3/c1-20-15-9-7-13(8-10-15)11-17(19)21-16(12-18)14-5-3-2-4-6-14/h2-10,16H,11H2,1H3/t16-/m1/s1. The van der Waals surface area contributed by atoms with Gasteiger partial charge < -0.3 is 9.47 Å². The molecule has 0 fully saturated rings. The van der Waals surface area contributed by atoms with Crippen LogP contribution in [0.25, 0.3) is 0 Å². The smallest absolute Gasteiger partial charge is 0.311 e. The van der Waals surface area contributed by atoms with Crippen LogP contribution >= 0.6 is 0 Å². The van der Waals surface area contributed by atoms with E-state index in [9.17, 15) is 4.79 Å². The van der Waals surface area contributed by atoms with Gasteiger partial charge in [0.2, 0.25) is 6.10 Å². The zero-order valence-electron chi connectivity index (χ0n) is 11.7. The first-order valence-electron chi connectivity index (χ1n) is 6.50. The number of rotatable bonds is 5. The Bertz CT molecular complexity index is 629. The van der Waals surface area contributed by atoms with Crippen LogP contribution in [0.4, 0.5) is 0 Å². The van der Waals surface area contributed by atoms with Gasteiger partial charge in [0.15, 0.2) is 0 Å². The Hall–Kier alpha value is -2.80. The Morgan fingerprint density at radius 3 is 2.38 bits per heavy atom. The molecule has 1 atom stereocenters. The average Bonchev–Trinajstić information content (AvgIpc) is 2.54. The van der Waals surface area contributed by atoms with Gasteiger partial charge in [0.25, 0.3) is 0 Å². The molecule has 0 saturated heterocycles. The summed E-state index contributed by atoms with van der Waals surface area (Å²) in [5.74, 6) is 0.293. The summed E-state index contributed by atoms with van der Waals surface area (Å²) < 4.78 is 10.3. The molecule has 4 nitrogen and oxygen atoms in total. The molecule has 0 aliphatic heterocycles. The molecule has 0 aliphatic carbocycles. The third-order valence-electron chi connectivity index (χ3n) is 2.98. The number of benzene rings is 2. The van der Waals surface area contributed by atoms with E-state index in [4.69, 9.17) is 14.7 Å². The fourth-order valence-electron chi connectivity index (χ4n) is 1.88. The van der Waals surface area contributed by atoms with E-state index in [1.165, 1.54) is 0 Å². The van der Waals surface area contributed by atoms with E-state index < -0.39 is 12.1 Å². The molecule has 0 aromatic heterocycles. The van der Waals surface area contributed by atoms with Crippen molar-refractivity contribution in [3.63, 3.8) is 0 Å². The van der Waals surface area contributed by atoms with Crippen LogP contribution in [0.1, 0.15) is 17.2 Å². The summed E-state index contributed by atoms with van der Waals surface area (Å²) in [7, 11) is 1.58. The lowest BCUT2D eigenvalue weighted by molar-refractivity contribution is -0.146. The number of nitrogens with zero attached hydrogens (tertiary/aromatic N) is 1. The van der Waals surface area contributed by atoms with Crippen molar-refractivity contribution >= 4 is 5.97 Å². The van der Waals surface area contributed by atoms with Gasteiger partial charge in [0, 0.05) is 5.56 Å². The Morgan fingerprint density at radius 1 is 1.14 bits per heavy atom. The highest BCUT2D eigenvalue weighted by molar-refractivity contribution is 5.73. The van der Waals surface area contributed by atoms with E-state index in [-0.39, 0.29) is 6.42 Å². The normalized spacial score (nSPS) is 11.2. The topological polar surface area (TPSA) is 59.3 Å². The lowest BCUT2D eigenvalue weighted by Gasteiger charge is -2.11. The van der Waals surface area contributed by atoms with Crippen LogP contribution in [0.2, 0.25) is 0 Å². The van der Waals surface area contributed by atoms with E-state index in [0.717, 1.165) is 11.3 Å². The summed E-state index contributed by atoms with van der Waals surface area (Å²) in [5.41, 5.74) is 1.48. The molecule has 0 bridgehead atoms. The zero-order valence-corrected chi connectivity index (χ0v) is 11.7. The summed E-state index contributed by atoms with van der Waals surface area (Å²) >= 11 is 0. The first-order chi connectivity index (χ1) is 10.2. The van der Waals surface area contributed by atoms with Gasteiger partial charge in [-0.05, 0) is 17.7 Å². The maximum absolute atomic E-state index is 11.9. The largest absolute Gasteiger partial charge is 0.497 e. The second-order valence-corrected chi connectivity index (χ2v) is 4.43. The maximum atomic E-state index is 11.9. The van der Waals surface area contributed by atoms with Crippen LogP contribution in [0.5, 0.6) is 5.75 Å². The van der Waals surface area contributed by atoms with Crippen LogP contribution in [-0.2, 0) is 16.0 Å². The monoisotopic (exact) mass is 281 g/mol. The van der Waals surface area contributed by atoms with Gasteiger partial charge in [0.05, 0.1) is 13.5 Å². The third-order valence-corrected chi connectivity index (χ3v) is 2.98. The van der Waals surface area contributed by atoms with E-state index in [1.54, 1.807) is 55.6 Å². The van der Waals surface area contributed by atoms with Crippen molar-refractivity contribution < 1.29 is 14.3 Å². The van der Waals surface area contributed by atoms with E-state index in [2.05, 4.69) is 0 Å². The number of carbonyl (C=O) groups is 1. The predicted octanol–water partition coefficient (Wildman–Crippen LogP) is 3.05. The van der Waals surface area contributed by atoms with Crippen molar-refractivity contribution in [3.05, 3.63) is 65.7 Å². The molecule has 106 valence electrons. The van der Waals surface area contributed by atoms with Gasteiger partial charge in [-0.2, -0.15) is 5.26 Å². The van der Waals surface area contributed by atoms with Crippen molar-refractivity contribution in [1.82, 2.24) is 0 Å². The lowest BCUT2D eigenvalue weighted by Crippen LogP contribution is -2.12. The fourth-order valence-corrected chi connectivity index (χ4v) is 1.88. The first-order valence-corrected chi connectivity index (χ1v) is 6.50. The Kier molecular flexibility index (Phi) is 4.94. The van der Waals surface area contributed by atoms with Gasteiger partial charge >= 0.3 is 5.97 Å². The van der Waals surface area contributed by atoms with Crippen LogP contribution in [-0.4, -0.2) is 13.1 Å². The predicted molar refractivity (Wildman–Crippen MR) is 77.6 cm³/mol. The number of hydrogen-bond donors (Lipinski definition) is 0. The minimum Gasteiger partial charge on any atom is -0.497 e. The highest BCUT2D eigenvalue weighted by atomic mass is 16.5. The van der Waals surface area contributed by atoms with Crippen LogP contribution < -0.4 is 4.74 Å². The number of nitriles is 1. The SMILES string of the molecule is COc1ccc(CC(=O)O[C@H](C#N)c2ccccc2)cc1. The van der Waals surface area contributed by atoms with Crippen molar-refractivity contribution in [2.75, 3.05) is 7.11 Å². The maximum Gasteiger partial charge on any atom is 0.311 e. The molecule has 4 heteroatoms. The summed E-state index contributed by atoms with van der Waals surface area (Å²) in [6, 6.07) is 18.1. The molecule has 0 N–H and O–H groups in total. The molecule has 2 rings (SSSR count). The molecule has 0 saturated carbocycles. The highest BCUT2D eigenvalue weighted by Crippen LogP contribution is 2.18. The number of esters is 1. The number of hydrogen-bond acceptors (Lipinski definition) is 4. The van der Waals surface area contributed by atoms with Gasteiger partial charge in [-0.25, -0.2) is 0 Å². The van der Waals surface area contributed by atoms with Gasteiger partial charge in [-0.3, -0.25) is 4.79 Å². The molecule has 2 aromatic carbocycles. The highest BCUT2D eigenvalue weighted by Gasteiger charge is 2.15. The van der Waals surface area contributed by atoms with Gasteiger partial charge in [-0.1, -0.05) is 42.5 Å². The molecule has 2 aromatic rings. The zero-order chi connectivity index (χ0) is 15.1. The molecule has 0 amide bonds. The van der Waals surface area contributed by atoms with Crippen molar-refractivity contribution in [2.24, 2.45) is 0 Å². The van der Waals surface area contributed by atoms with Gasteiger partial charge in [0.1, 0.15) is 11.8 Å². The summed E-state index contributed by atoms with van der Waals surface area (Å²) in [6.07, 6.45) is -0.758. The van der Waals surface area contributed by atoms with Gasteiger partial charge in [-0.15, -0.1) is 0 Å². The number of carbonyl (C=O) groups excluding carboxylic acids is 1. The summed E-state index contributed by atoms with van der Waals surface area (Å²) in [4.78, 5) is 11.9. The second kappa shape index (κ2) is 7.11. The van der Waals surface area contributed by atoms with Crippen LogP contribution in [0, 0.1) is 11.3 Å². The number of methoxy groups -OCH3 is 1. The van der Waals surface area contributed by atoms with Crippen LogP contribution in [0.15, 0.2) is 54.6 Å². The Morgan fingerprint density at radius 2 is 1.81 bits per heavy atom. The average molecular weight is 281 g/mol. The second-order valence-electron chi connectivity index (χ2n) is 4.43. The Balaban J connectivity index is 1.98. The van der Waals surface area contributed by atoms with Crippen molar-refractivity contribution in [3.8, 4) is 11.8 Å². The molecule has 0 unspecified atom stereocenters. The fraction of sp³-hybridized carbons (Fsp3) is 0.176. The van der Waals surface area contributed by atoms with Crippen molar-refractivity contribution in [2.45, 2.75) is 12.5 Å². The van der Waals surface area contributed by atoms with E-state index in [0.29, 0.717) is 5.56 Å². The van der Waals surface area contributed by atoms with Crippen molar-refractivity contribution in [1.29, 1.82) is 5.26 Å². The minimum atomic E-state index is -0.878. The molecular formula is C17H15NO3. The molecule has 0 radical (unpaired) electrons. The quantitative estimate of drug-likeness (QED) is 0.790.